The standard InChI is InChI=1S/C11H9F3OS/c12-11(13,14)10(15)5-7-6-16-9-4-2-1-3-8(7)9/h1-4,6,10,15H,5H2. The van der Waals surface area contributed by atoms with Crippen LogP contribution in [0.4, 0.5) is 13.2 Å². The van der Waals surface area contributed by atoms with Gasteiger partial charge in [-0.05, 0) is 22.4 Å². The Morgan fingerprint density at radius 3 is 2.62 bits per heavy atom. The predicted octanol–water partition coefficient (Wildman–Crippen LogP) is 3.37. The molecule has 0 fully saturated rings. The Hall–Kier alpha value is -1.07. The van der Waals surface area contributed by atoms with E-state index in [4.69, 9.17) is 5.11 Å². The molecule has 0 radical (unpaired) electrons. The first kappa shape index (κ1) is 11.4. The van der Waals surface area contributed by atoms with Crippen molar-refractivity contribution < 1.29 is 18.3 Å². The number of aliphatic hydroxyl groups is 1. The second-order valence-corrected chi connectivity index (χ2v) is 4.43. The lowest BCUT2D eigenvalue weighted by molar-refractivity contribution is -0.202. The zero-order valence-corrected chi connectivity index (χ0v) is 8.98. The lowest BCUT2D eigenvalue weighted by Crippen LogP contribution is -2.30. The van der Waals surface area contributed by atoms with Gasteiger partial charge in [-0.2, -0.15) is 13.2 Å². The van der Waals surface area contributed by atoms with Gasteiger partial charge < -0.3 is 5.11 Å². The first-order valence-corrected chi connectivity index (χ1v) is 5.56. The highest BCUT2D eigenvalue weighted by molar-refractivity contribution is 7.17. The fourth-order valence-corrected chi connectivity index (χ4v) is 2.49. The maximum Gasteiger partial charge on any atom is 0.414 e. The SMILES string of the molecule is OC(Cc1csc2ccccc12)C(F)(F)F. The zero-order valence-electron chi connectivity index (χ0n) is 8.16. The summed E-state index contributed by atoms with van der Waals surface area (Å²) in [7, 11) is 0. The van der Waals surface area contributed by atoms with Crippen molar-refractivity contribution in [1.29, 1.82) is 0 Å². The van der Waals surface area contributed by atoms with E-state index in [2.05, 4.69) is 0 Å². The van der Waals surface area contributed by atoms with Crippen LogP contribution < -0.4 is 0 Å². The Labute approximate surface area is 94.1 Å². The van der Waals surface area contributed by atoms with Gasteiger partial charge in [-0.1, -0.05) is 18.2 Å². The van der Waals surface area contributed by atoms with Gasteiger partial charge in [-0.15, -0.1) is 11.3 Å². The summed E-state index contributed by atoms with van der Waals surface area (Å²) in [5.41, 5.74) is 0.547. The van der Waals surface area contributed by atoms with Crippen LogP contribution in [0.2, 0.25) is 0 Å². The van der Waals surface area contributed by atoms with Gasteiger partial charge in [0.25, 0.3) is 0 Å². The van der Waals surface area contributed by atoms with Crippen molar-refractivity contribution >= 4 is 21.4 Å². The summed E-state index contributed by atoms with van der Waals surface area (Å²) in [6.07, 6.45) is -7.22. The van der Waals surface area contributed by atoms with E-state index in [0.717, 1.165) is 10.1 Å². The van der Waals surface area contributed by atoms with Crippen molar-refractivity contribution in [3.05, 3.63) is 35.2 Å². The van der Waals surface area contributed by atoms with Crippen molar-refractivity contribution in [2.45, 2.75) is 18.7 Å². The molecule has 0 saturated heterocycles. The van der Waals surface area contributed by atoms with Gasteiger partial charge in [-0.25, -0.2) is 0 Å². The van der Waals surface area contributed by atoms with E-state index >= 15 is 0 Å². The topological polar surface area (TPSA) is 20.2 Å². The van der Waals surface area contributed by atoms with E-state index in [0.29, 0.717) is 5.56 Å². The lowest BCUT2D eigenvalue weighted by atomic mass is 10.1. The molecule has 1 atom stereocenters. The van der Waals surface area contributed by atoms with Crippen LogP contribution >= 0.6 is 11.3 Å². The van der Waals surface area contributed by atoms with Gasteiger partial charge in [0.15, 0.2) is 6.10 Å². The van der Waals surface area contributed by atoms with E-state index in [1.54, 1.807) is 17.5 Å². The molecule has 0 amide bonds. The van der Waals surface area contributed by atoms with E-state index in [9.17, 15) is 13.2 Å². The third-order valence-corrected chi connectivity index (χ3v) is 3.36. The first-order valence-electron chi connectivity index (χ1n) is 4.68. The average Bonchev–Trinajstić information content (AvgIpc) is 2.61. The fourth-order valence-electron chi connectivity index (χ4n) is 1.51. The summed E-state index contributed by atoms with van der Waals surface area (Å²) in [5.74, 6) is 0. The highest BCUT2D eigenvalue weighted by Crippen LogP contribution is 2.30. The van der Waals surface area contributed by atoms with Crippen LogP contribution in [0.25, 0.3) is 10.1 Å². The Morgan fingerprint density at radius 1 is 1.25 bits per heavy atom. The molecule has 0 bridgehead atoms. The maximum atomic E-state index is 12.2. The largest absolute Gasteiger partial charge is 0.414 e. The molecule has 1 unspecified atom stereocenters. The van der Waals surface area contributed by atoms with Crippen LogP contribution in [0, 0.1) is 0 Å². The third kappa shape index (κ3) is 2.20. The highest BCUT2D eigenvalue weighted by atomic mass is 32.1. The van der Waals surface area contributed by atoms with Crippen LogP contribution in [0.3, 0.4) is 0 Å². The quantitative estimate of drug-likeness (QED) is 0.861. The van der Waals surface area contributed by atoms with Crippen LogP contribution in [0.5, 0.6) is 0 Å². The first-order chi connectivity index (χ1) is 7.48. The Balaban J connectivity index is 2.28. The second-order valence-electron chi connectivity index (χ2n) is 3.52. The molecule has 5 heteroatoms. The lowest BCUT2D eigenvalue weighted by Gasteiger charge is -2.13. The highest BCUT2D eigenvalue weighted by Gasteiger charge is 2.38. The number of aliphatic hydroxyl groups excluding tert-OH is 1. The Bertz CT molecular complexity index is 489. The molecular weight excluding hydrogens is 237 g/mol. The molecule has 0 saturated carbocycles. The van der Waals surface area contributed by atoms with Crippen LogP contribution in [-0.4, -0.2) is 17.4 Å². The Morgan fingerprint density at radius 2 is 1.94 bits per heavy atom. The molecule has 1 aromatic heterocycles. The molecular formula is C11H9F3OS. The van der Waals surface area contributed by atoms with Crippen molar-refractivity contribution in [2.24, 2.45) is 0 Å². The van der Waals surface area contributed by atoms with Gasteiger partial charge in [0.2, 0.25) is 0 Å². The van der Waals surface area contributed by atoms with Gasteiger partial charge in [-0.3, -0.25) is 0 Å². The normalized spacial score (nSPS) is 14.2. The smallest absolute Gasteiger partial charge is 0.383 e. The molecule has 1 nitrogen and oxygen atoms in total. The molecule has 0 aliphatic heterocycles. The second kappa shape index (κ2) is 4.07. The van der Waals surface area contributed by atoms with E-state index in [1.807, 2.05) is 12.1 Å². The predicted molar refractivity (Wildman–Crippen MR) is 57.6 cm³/mol. The monoisotopic (exact) mass is 246 g/mol. The number of thiophene rings is 1. The fraction of sp³-hybridized carbons (Fsp3) is 0.273. The molecule has 0 aliphatic carbocycles. The Kier molecular flexibility index (Phi) is 2.90. The van der Waals surface area contributed by atoms with Gasteiger partial charge in [0.05, 0.1) is 0 Å². The molecule has 1 aromatic carbocycles. The summed E-state index contributed by atoms with van der Waals surface area (Å²) < 4.78 is 37.5. The molecule has 16 heavy (non-hydrogen) atoms. The van der Waals surface area contributed by atoms with E-state index < -0.39 is 12.3 Å². The van der Waals surface area contributed by atoms with Crippen molar-refractivity contribution in [1.82, 2.24) is 0 Å². The number of benzene rings is 1. The molecule has 0 spiro atoms. The average molecular weight is 246 g/mol. The summed E-state index contributed by atoms with van der Waals surface area (Å²) in [6, 6.07) is 7.23. The van der Waals surface area contributed by atoms with Crippen LogP contribution in [0.1, 0.15) is 5.56 Å². The summed E-state index contributed by atoms with van der Waals surface area (Å²) in [4.78, 5) is 0. The summed E-state index contributed by atoms with van der Waals surface area (Å²) in [6.45, 7) is 0. The molecule has 86 valence electrons. The van der Waals surface area contributed by atoms with Crippen LogP contribution in [-0.2, 0) is 6.42 Å². The molecule has 2 rings (SSSR count). The minimum Gasteiger partial charge on any atom is -0.383 e. The van der Waals surface area contributed by atoms with Crippen molar-refractivity contribution in [3.8, 4) is 0 Å². The number of fused-ring (bicyclic) bond motifs is 1. The van der Waals surface area contributed by atoms with Crippen molar-refractivity contribution in [2.75, 3.05) is 0 Å². The van der Waals surface area contributed by atoms with Crippen molar-refractivity contribution in [3.63, 3.8) is 0 Å². The van der Waals surface area contributed by atoms with Gasteiger partial charge in [0.1, 0.15) is 0 Å². The summed E-state index contributed by atoms with van der Waals surface area (Å²) in [5, 5.41) is 11.5. The number of rotatable bonds is 2. The molecule has 0 aliphatic rings. The minimum absolute atomic E-state index is 0.381. The number of hydrogen-bond donors (Lipinski definition) is 1. The number of halogens is 3. The van der Waals surface area contributed by atoms with E-state index in [1.165, 1.54) is 11.3 Å². The van der Waals surface area contributed by atoms with E-state index in [-0.39, 0.29) is 6.42 Å². The number of hydrogen-bond acceptors (Lipinski definition) is 2. The number of alkyl halides is 3. The maximum absolute atomic E-state index is 12.2. The van der Waals surface area contributed by atoms with Gasteiger partial charge in [0, 0.05) is 11.1 Å². The third-order valence-electron chi connectivity index (χ3n) is 2.35. The summed E-state index contributed by atoms with van der Waals surface area (Å²) >= 11 is 1.39. The molecule has 2 aromatic rings. The minimum atomic E-state index is -4.55. The molecule has 1 N–H and O–H groups in total. The van der Waals surface area contributed by atoms with Crippen LogP contribution in [0.15, 0.2) is 29.6 Å². The molecule has 1 heterocycles. The zero-order chi connectivity index (χ0) is 11.8. The van der Waals surface area contributed by atoms with Gasteiger partial charge >= 0.3 is 6.18 Å².